The van der Waals surface area contributed by atoms with Crippen molar-refractivity contribution in [2.45, 2.75) is 164 Å². The van der Waals surface area contributed by atoms with E-state index in [2.05, 4.69) is 41.9 Å². The van der Waals surface area contributed by atoms with E-state index in [9.17, 15) is 58.0 Å². The lowest BCUT2D eigenvalue weighted by Gasteiger charge is -2.35. The highest BCUT2D eigenvalue weighted by Gasteiger charge is 2.46. The molecule has 0 radical (unpaired) electrons. The summed E-state index contributed by atoms with van der Waals surface area (Å²) in [4.78, 5) is 90.8. The lowest BCUT2D eigenvalue weighted by atomic mass is 9.85. The van der Waals surface area contributed by atoms with Gasteiger partial charge in [0, 0.05) is 67.2 Å². The van der Waals surface area contributed by atoms with Gasteiger partial charge in [-0.05, 0) is 216 Å². The number of hydrogen-bond acceptors (Lipinski definition) is 23. The number of β-amino-alcohol motifs (C(OH)–C–C–N with tert-alkyl or cyclic N) is 2. The first-order chi connectivity index (χ1) is 66.5. The molecule has 0 unspecified atom stereocenters. The Morgan fingerprint density at radius 2 is 0.878 bits per heavy atom. The second-order valence-electron chi connectivity index (χ2n) is 37.1. The van der Waals surface area contributed by atoms with E-state index >= 15 is 0 Å². The second-order valence-corrected chi connectivity index (χ2v) is 38.8. The van der Waals surface area contributed by atoms with Crippen LogP contribution >= 0.6 is 22.7 Å². The number of hydrogen-bond donors (Lipinski definition) is 8. The number of likely N-dealkylation sites (tertiary alicyclic amines) is 2. The number of aliphatic carboxylic acids is 1. The lowest BCUT2D eigenvalue weighted by Crippen LogP contribution is -2.58. The van der Waals surface area contributed by atoms with Crippen molar-refractivity contribution in [3.05, 3.63) is 249 Å². The number of benzene rings is 8. The van der Waals surface area contributed by atoms with Crippen molar-refractivity contribution < 1.29 is 101 Å². The molecule has 2 aliphatic rings. The summed E-state index contributed by atoms with van der Waals surface area (Å²) in [6, 6.07) is 51.8. The van der Waals surface area contributed by atoms with E-state index < -0.39 is 65.0 Å². The monoisotopic (exact) mass is 1940 g/mol. The number of carbonyl (C=O) groups excluding carboxylic acids is 5. The van der Waals surface area contributed by atoms with Crippen molar-refractivity contribution in [2.24, 2.45) is 16.6 Å². The molecule has 9 N–H and O–H groups in total. The maximum atomic E-state index is 14.0. The highest BCUT2D eigenvalue weighted by atomic mass is 32.1. The van der Waals surface area contributed by atoms with E-state index in [0.717, 1.165) is 116 Å². The molecule has 2 saturated heterocycles. The van der Waals surface area contributed by atoms with Gasteiger partial charge < -0.3 is 98.7 Å². The lowest BCUT2D eigenvalue weighted by molar-refractivity contribution is -0.144. The van der Waals surface area contributed by atoms with Gasteiger partial charge in [-0.2, -0.15) is 0 Å². The molecule has 32 heteroatoms. The van der Waals surface area contributed by atoms with Gasteiger partial charge in [-0.25, -0.2) is 23.5 Å². The molecule has 4 amide bonds. The number of aromatic nitrogens is 4. The van der Waals surface area contributed by atoms with Crippen molar-refractivity contribution in [3.63, 3.8) is 0 Å². The first-order valence-corrected chi connectivity index (χ1v) is 48.4. The number of thiazole rings is 2. The molecule has 8 atom stereocenters. The van der Waals surface area contributed by atoms with Crippen LogP contribution in [0.5, 0.6) is 23.0 Å². The molecule has 0 saturated carbocycles. The molecule has 0 bridgehead atoms. The minimum absolute atomic E-state index is 0.00934. The SMILES string of the molecule is Cc1c(-c2ccc(F)cc2)n(Cc2ccc(OCCOCCOCCOCC(=O)O)cc2)c2ccc(O)cc12.Cc1ncsc1-c1ccc([C@H](C)CC(=O)[C@@H]2C[C@@H](O)CN2C(=O)[C@@H](N)C(C)(C)C)cc1.Cc1ncsc1-c1ccc([C@H](C)NC(=O)[C@@H]2C[C@@H](O)CN2C(=O)[C@@H](NC(=O)COCCOCCOCCOc2ccc(Cn3c(-c4ccc(F)cc4)c(C)c4cc(O)ccc43)cc2)C(C)(C)C)cc1. The largest absolute Gasteiger partial charge is 0.508 e. The van der Waals surface area contributed by atoms with Gasteiger partial charge in [-0.1, -0.05) is 121 Å². The molecular weight excluding hydrogens is 1820 g/mol. The summed E-state index contributed by atoms with van der Waals surface area (Å²) in [5, 5.41) is 57.2. The van der Waals surface area contributed by atoms with Crippen molar-refractivity contribution in [1.29, 1.82) is 0 Å². The number of nitrogens with two attached hydrogens (primary N) is 1. The predicted molar refractivity (Wildman–Crippen MR) is 532 cm³/mol. The molecule has 0 aliphatic carbocycles. The minimum atomic E-state index is -1.00. The maximum absolute atomic E-state index is 14.0. The average molecular weight is 1950 g/mol. The zero-order chi connectivity index (χ0) is 99.8. The number of nitrogens with one attached hydrogen (secondary N) is 2. The molecule has 0 spiro atoms. The van der Waals surface area contributed by atoms with Crippen LogP contribution in [0, 0.1) is 50.2 Å². The Labute approximate surface area is 817 Å². The highest BCUT2D eigenvalue weighted by molar-refractivity contribution is 7.13. The second kappa shape index (κ2) is 49.6. The van der Waals surface area contributed by atoms with Crippen LogP contribution in [-0.4, -0.2) is 232 Å². The van der Waals surface area contributed by atoms with Gasteiger partial charge in [-0.3, -0.25) is 24.0 Å². The topological polar surface area (TPSA) is 370 Å². The van der Waals surface area contributed by atoms with Crippen LogP contribution in [0.1, 0.15) is 131 Å². The summed E-state index contributed by atoms with van der Waals surface area (Å²) >= 11 is 3.18. The molecule has 4 aromatic heterocycles. The number of aliphatic hydroxyl groups excluding tert-OH is 2. The average Bonchev–Trinajstić information content (AvgIpc) is 1.61. The molecule has 28 nitrogen and oxygen atoms in total. The molecule has 139 heavy (non-hydrogen) atoms. The first kappa shape index (κ1) is 106. The number of aliphatic hydroxyl groups is 2. The Kier molecular flexibility index (Phi) is 37.7. The van der Waals surface area contributed by atoms with Gasteiger partial charge in [-0.15, -0.1) is 22.7 Å². The highest BCUT2D eigenvalue weighted by Crippen LogP contribution is 2.40. The number of ketones is 1. The quantitative estimate of drug-likeness (QED) is 0.0165. The fraction of sp³-hybridized carbons (Fsp3) is 0.402. The van der Waals surface area contributed by atoms with Gasteiger partial charge in [0.25, 0.3) is 0 Å². The number of ether oxygens (including phenoxy) is 8. The van der Waals surface area contributed by atoms with E-state index in [1.807, 2.05) is 191 Å². The number of Topliss-reactive ketones (excluding diaryl/α,β-unsaturated/α-hetero) is 1. The van der Waals surface area contributed by atoms with Crippen LogP contribution in [0.25, 0.3) is 65.2 Å². The molecule has 740 valence electrons. The number of aromatic hydroxyl groups is 2. The number of phenolic OH excluding ortho intramolecular Hbond substituents is 2. The summed E-state index contributed by atoms with van der Waals surface area (Å²) in [5.74, 6) is -1.38. The first-order valence-electron chi connectivity index (χ1n) is 46.6. The molecule has 2 aliphatic heterocycles. The van der Waals surface area contributed by atoms with Crippen molar-refractivity contribution in [1.82, 2.24) is 39.5 Å². The van der Waals surface area contributed by atoms with E-state index in [-0.39, 0.29) is 112 Å². The van der Waals surface area contributed by atoms with Crippen molar-refractivity contribution >= 4 is 79.9 Å². The summed E-state index contributed by atoms with van der Waals surface area (Å²) in [6.07, 6.45) is -0.907. The Morgan fingerprint density at radius 3 is 1.29 bits per heavy atom. The molecule has 8 aromatic carbocycles. The van der Waals surface area contributed by atoms with Crippen LogP contribution < -0.4 is 25.8 Å². The Bertz CT molecular complexity index is 6080. The van der Waals surface area contributed by atoms with Crippen LogP contribution in [-0.2, 0) is 70.3 Å². The number of phenols is 2. The zero-order valence-electron chi connectivity index (χ0n) is 80.7. The molecular formula is C107H127F2N9O19S2. The van der Waals surface area contributed by atoms with E-state index in [1.54, 1.807) is 71.2 Å². The maximum Gasteiger partial charge on any atom is 0.329 e. The minimum Gasteiger partial charge on any atom is -0.508 e. The summed E-state index contributed by atoms with van der Waals surface area (Å²) < 4.78 is 75.9. The fourth-order valence-electron chi connectivity index (χ4n) is 16.9. The normalized spacial score (nSPS) is 15.7. The third-order valence-electron chi connectivity index (χ3n) is 24.5. The summed E-state index contributed by atoms with van der Waals surface area (Å²) in [7, 11) is 0. The predicted octanol–water partition coefficient (Wildman–Crippen LogP) is 16.3. The van der Waals surface area contributed by atoms with Crippen molar-refractivity contribution in [2.75, 3.05) is 106 Å². The van der Waals surface area contributed by atoms with Crippen LogP contribution in [0.15, 0.2) is 193 Å². The number of rotatable bonds is 42. The van der Waals surface area contributed by atoms with Gasteiger partial charge >= 0.3 is 5.97 Å². The zero-order valence-corrected chi connectivity index (χ0v) is 82.4. The number of carboxylic acid groups (broad SMARTS) is 1. The van der Waals surface area contributed by atoms with Gasteiger partial charge in [0.15, 0.2) is 5.78 Å². The van der Waals surface area contributed by atoms with E-state index in [1.165, 1.54) is 34.1 Å². The van der Waals surface area contributed by atoms with E-state index in [4.69, 9.17) is 48.7 Å². The van der Waals surface area contributed by atoms with Gasteiger partial charge in [0.1, 0.15) is 73.1 Å². The van der Waals surface area contributed by atoms with Crippen LogP contribution in [0.4, 0.5) is 8.78 Å². The Hall–Kier alpha value is -12.2. The third-order valence-corrected chi connectivity index (χ3v) is 26.4. The molecule has 14 rings (SSSR count). The number of aryl methyl sites for hydroxylation is 4. The standard InChI is InChI=1S/C53H62FN5O9S.C30H32FNO7.C24H33N3O3S/c1-33-44-27-41(60)17-20-45(44)58(48(33)38-13-15-40(54)16-14-38)29-36-7-18-43(19-8-36)68-26-25-66-22-21-65-23-24-67-31-47(62)57-50(53(4,5)6)52(64)59-30-42(61)28-46(59)51(63)56-34(2)37-9-11-39(12-10-37)49-35(3)55-32-69-49;1-21-27-18-25(33)8-11-28(27)32(30(21)23-4-6-24(31)7-5-23)19-22-2-9-26(10-3-22)39-17-16-37-13-12-36-14-15-38-20-29(34)35;1-14(16-6-8-17(9-7-16)21-15(2)26-13-31-21)10-20(29)19-11-18(28)12-27(19)23(30)22(25)24(3,4)5/h7-20,27,32,34,42,46,50,60-61H,21-26,28-31H2,1-6H3,(H,56,63)(H,57,62);2-11,18,33H,12-17,19-20H2,1H3,(H,34,35);6-9,13-14,18-19,22,28H,10-12,25H2,1-5H3/t34-,42+,46-,50+;;14-,18-,19+,22-/m0.1/s1. The number of fused-ring (bicyclic) bond motifs is 2. The van der Waals surface area contributed by atoms with Gasteiger partial charge in [0.2, 0.25) is 23.6 Å². The number of halogens is 2. The fourth-order valence-corrected chi connectivity index (χ4v) is 18.5. The van der Waals surface area contributed by atoms with Crippen LogP contribution in [0.2, 0.25) is 0 Å². The van der Waals surface area contributed by atoms with Crippen LogP contribution in [0.3, 0.4) is 0 Å². The molecule has 6 heterocycles. The molecule has 2 fully saturated rings. The molecule has 12 aromatic rings. The Morgan fingerprint density at radius 1 is 0.482 bits per heavy atom. The summed E-state index contributed by atoms with van der Waals surface area (Å²) in [6.45, 7) is 27.5. The third kappa shape index (κ3) is 29.0. The smallest absolute Gasteiger partial charge is 0.329 e. The van der Waals surface area contributed by atoms with E-state index in [0.29, 0.717) is 84.7 Å². The number of carbonyl (C=O) groups is 6. The van der Waals surface area contributed by atoms with Gasteiger partial charge in [0.05, 0.1) is 140 Å². The number of amides is 4. The number of nitrogens with zero attached hydrogens (tertiary/aromatic N) is 6. The summed E-state index contributed by atoms with van der Waals surface area (Å²) in [5.41, 5.74) is 24.6. The Balaban J connectivity index is 0.000000207. The number of carboxylic acids is 1. The van der Waals surface area contributed by atoms with Crippen molar-refractivity contribution in [3.8, 4) is 66.4 Å².